The predicted octanol–water partition coefficient (Wildman–Crippen LogP) is 8.23. The lowest BCUT2D eigenvalue weighted by molar-refractivity contribution is -0.137. The maximum absolute atomic E-state index is 13.1. The van der Waals surface area contributed by atoms with Gasteiger partial charge in [-0.2, -0.15) is 13.2 Å². The summed E-state index contributed by atoms with van der Waals surface area (Å²) < 4.78 is 44.8. The summed E-state index contributed by atoms with van der Waals surface area (Å²) in [5.41, 5.74) is -0.0255. The molecule has 2 aromatic carbocycles. The van der Waals surface area contributed by atoms with E-state index in [0.717, 1.165) is 22.6 Å². The average molecular weight is 532 g/mol. The van der Waals surface area contributed by atoms with Crippen molar-refractivity contribution in [2.45, 2.75) is 12.6 Å². The van der Waals surface area contributed by atoms with Gasteiger partial charge in [-0.15, -0.1) is 11.3 Å². The van der Waals surface area contributed by atoms with Gasteiger partial charge in [0.1, 0.15) is 5.76 Å². The van der Waals surface area contributed by atoms with Gasteiger partial charge in [0.2, 0.25) is 0 Å². The van der Waals surface area contributed by atoms with Crippen molar-refractivity contribution in [1.82, 2.24) is 4.98 Å². The zero-order chi connectivity index (χ0) is 23.8. The van der Waals surface area contributed by atoms with Crippen LogP contribution in [0.1, 0.15) is 26.6 Å². The minimum Gasteiger partial charge on any atom is -0.451 e. The fourth-order valence-electron chi connectivity index (χ4n) is 2.98. The first kappa shape index (κ1) is 23.6. The summed E-state index contributed by atoms with van der Waals surface area (Å²) in [4.78, 5) is 17.5. The Morgan fingerprint density at radius 1 is 1.03 bits per heavy atom. The van der Waals surface area contributed by atoms with Gasteiger partial charge in [-0.05, 0) is 54.1 Å². The van der Waals surface area contributed by atoms with Crippen LogP contribution in [0, 0.1) is 0 Å². The van der Waals surface area contributed by atoms with E-state index in [0.29, 0.717) is 21.6 Å². The third-order valence-corrected chi connectivity index (χ3v) is 6.38. The molecule has 4 aromatic rings. The largest absolute Gasteiger partial charge is 0.451 e. The van der Waals surface area contributed by atoms with E-state index >= 15 is 0 Å². The minimum absolute atomic E-state index is 0.0804. The predicted molar refractivity (Wildman–Crippen MR) is 123 cm³/mol. The van der Waals surface area contributed by atoms with Gasteiger partial charge in [-0.3, -0.25) is 10.1 Å². The number of alkyl halides is 3. The molecule has 0 fully saturated rings. The van der Waals surface area contributed by atoms with Crippen LogP contribution in [-0.4, -0.2) is 10.9 Å². The van der Waals surface area contributed by atoms with Crippen molar-refractivity contribution in [2.75, 3.05) is 5.32 Å². The number of aromatic nitrogens is 1. The monoisotopic (exact) mass is 530 g/mol. The van der Waals surface area contributed by atoms with Crippen molar-refractivity contribution < 1.29 is 22.4 Å². The lowest BCUT2D eigenvalue weighted by Crippen LogP contribution is -2.10. The second kappa shape index (κ2) is 9.38. The van der Waals surface area contributed by atoms with Crippen LogP contribution in [0.4, 0.5) is 18.3 Å². The van der Waals surface area contributed by atoms with Crippen molar-refractivity contribution in [3.63, 3.8) is 0 Å². The standard InChI is InChI=1S/C22H12Cl3F3N2O2S/c23-13-2-4-16(24)12(7-13)8-14-10-29-21(33-14)30-20(31)19-6-5-18(32-19)11-1-3-17(25)15(9-11)22(26,27)28/h1-7,9-10H,8H2,(H,29,30,31). The Bertz CT molecular complexity index is 1330. The molecule has 11 heteroatoms. The van der Waals surface area contributed by atoms with Crippen molar-refractivity contribution in [3.05, 3.63) is 91.6 Å². The van der Waals surface area contributed by atoms with Crippen LogP contribution in [0.2, 0.25) is 15.1 Å². The molecule has 4 nitrogen and oxygen atoms in total. The highest BCUT2D eigenvalue weighted by molar-refractivity contribution is 7.15. The van der Waals surface area contributed by atoms with Gasteiger partial charge in [0.25, 0.3) is 5.91 Å². The molecule has 4 rings (SSSR count). The van der Waals surface area contributed by atoms with Crippen LogP contribution in [0.15, 0.2) is 59.1 Å². The number of benzene rings is 2. The molecule has 0 saturated heterocycles. The number of halogens is 6. The lowest BCUT2D eigenvalue weighted by Gasteiger charge is -2.09. The summed E-state index contributed by atoms with van der Waals surface area (Å²) in [6.45, 7) is 0. The number of carbonyl (C=O) groups excluding carboxylic acids is 1. The quantitative estimate of drug-likeness (QED) is 0.282. The molecule has 0 spiro atoms. The molecular weight excluding hydrogens is 520 g/mol. The summed E-state index contributed by atoms with van der Waals surface area (Å²) in [7, 11) is 0. The van der Waals surface area contributed by atoms with Crippen LogP contribution in [0.3, 0.4) is 0 Å². The molecule has 170 valence electrons. The SMILES string of the molecule is O=C(Nc1ncc(Cc2cc(Cl)ccc2Cl)s1)c1ccc(-c2ccc(Cl)c(C(F)(F)F)c2)o1. The molecule has 0 aliphatic rings. The van der Waals surface area contributed by atoms with E-state index in [4.69, 9.17) is 39.2 Å². The maximum atomic E-state index is 13.1. The van der Waals surface area contributed by atoms with Gasteiger partial charge in [0, 0.05) is 33.1 Å². The smallest absolute Gasteiger partial charge is 0.417 e. The molecule has 0 aliphatic carbocycles. The number of nitrogens with one attached hydrogen (secondary N) is 1. The first-order valence-corrected chi connectivity index (χ1v) is 11.2. The van der Waals surface area contributed by atoms with E-state index in [9.17, 15) is 18.0 Å². The third-order valence-electron chi connectivity index (χ3n) is 4.53. The zero-order valence-corrected chi connectivity index (χ0v) is 19.4. The fourth-order valence-corrected chi connectivity index (χ4v) is 4.42. The Kier molecular flexibility index (Phi) is 6.72. The van der Waals surface area contributed by atoms with E-state index in [1.807, 2.05) is 0 Å². The Morgan fingerprint density at radius 3 is 2.55 bits per heavy atom. The van der Waals surface area contributed by atoms with Crippen LogP contribution < -0.4 is 5.32 Å². The number of furan rings is 1. The fraction of sp³-hybridized carbons (Fsp3) is 0.0909. The molecule has 2 aromatic heterocycles. The topological polar surface area (TPSA) is 55.1 Å². The molecule has 0 aliphatic heterocycles. The number of carbonyl (C=O) groups is 1. The highest BCUT2D eigenvalue weighted by Gasteiger charge is 2.33. The van der Waals surface area contributed by atoms with Crippen molar-refractivity contribution in [3.8, 4) is 11.3 Å². The number of amides is 1. The first-order valence-electron chi connectivity index (χ1n) is 9.27. The zero-order valence-electron chi connectivity index (χ0n) is 16.3. The third kappa shape index (κ3) is 5.52. The van der Waals surface area contributed by atoms with Gasteiger partial charge < -0.3 is 4.42 Å². The number of nitrogens with zero attached hydrogens (tertiary/aromatic N) is 1. The van der Waals surface area contributed by atoms with Gasteiger partial charge in [0.15, 0.2) is 10.9 Å². The van der Waals surface area contributed by atoms with Crippen molar-refractivity contribution >= 4 is 57.2 Å². The molecule has 0 unspecified atom stereocenters. The van der Waals surface area contributed by atoms with Crippen LogP contribution >= 0.6 is 46.1 Å². The van der Waals surface area contributed by atoms with Gasteiger partial charge in [0.05, 0.1) is 10.6 Å². The Balaban J connectivity index is 1.47. The molecule has 0 saturated carbocycles. The van der Waals surface area contributed by atoms with Crippen LogP contribution in [-0.2, 0) is 12.6 Å². The Morgan fingerprint density at radius 2 is 1.79 bits per heavy atom. The molecule has 0 bridgehead atoms. The van der Waals surface area contributed by atoms with E-state index in [1.54, 1.807) is 24.4 Å². The summed E-state index contributed by atoms with van der Waals surface area (Å²) in [5.74, 6) is -0.575. The number of hydrogen-bond donors (Lipinski definition) is 1. The number of thiazole rings is 1. The highest BCUT2D eigenvalue weighted by atomic mass is 35.5. The number of anilines is 1. The Labute approximate surface area is 204 Å². The summed E-state index contributed by atoms with van der Waals surface area (Å²) in [6, 6.07) is 11.3. The minimum atomic E-state index is -4.61. The molecular formula is C22H12Cl3F3N2O2S. The average Bonchev–Trinajstić information content (AvgIpc) is 3.40. The molecule has 0 atom stereocenters. The molecule has 33 heavy (non-hydrogen) atoms. The summed E-state index contributed by atoms with van der Waals surface area (Å²) in [5, 5.41) is 3.65. The molecule has 1 N–H and O–H groups in total. The van der Waals surface area contributed by atoms with E-state index in [2.05, 4.69) is 10.3 Å². The molecule has 0 radical (unpaired) electrons. The second-order valence-electron chi connectivity index (χ2n) is 6.85. The van der Waals surface area contributed by atoms with Gasteiger partial charge in [-0.1, -0.05) is 34.8 Å². The van der Waals surface area contributed by atoms with Gasteiger partial charge >= 0.3 is 6.18 Å². The van der Waals surface area contributed by atoms with E-state index in [1.165, 1.54) is 29.5 Å². The molecule has 2 heterocycles. The summed E-state index contributed by atoms with van der Waals surface area (Å²) >= 11 is 19.1. The number of hydrogen-bond acceptors (Lipinski definition) is 4. The van der Waals surface area contributed by atoms with Crippen LogP contribution in [0.25, 0.3) is 11.3 Å². The number of rotatable bonds is 5. The van der Waals surface area contributed by atoms with Gasteiger partial charge in [-0.25, -0.2) is 4.98 Å². The Hall–Kier alpha value is -2.52. The van der Waals surface area contributed by atoms with Crippen molar-refractivity contribution in [2.24, 2.45) is 0 Å². The second-order valence-corrected chi connectivity index (χ2v) is 9.22. The van der Waals surface area contributed by atoms with Crippen molar-refractivity contribution in [1.29, 1.82) is 0 Å². The van der Waals surface area contributed by atoms with E-state index < -0.39 is 22.7 Å². The summed E-state index contributed by atoms with van der Waals surface area (Å²) in [6.07, 6.45) is -2.52. The first-order chi connectivity index (χ1) is 15.6. The van der Waals surface area contributed by atoms with E-state index in [-0.39, 0.29) is 17.1 Å². The normalized spacial score (nSPS) is 11.6. The lowest BCUT2D eigenvalue weighted by atomic mass is 10.1. The maximum Gasteiger partial charge on any atom is 0.417 e. The van der Waals surface area contributed by atoms with Crippen LogP contribution in [0.5, 0.6) is 0 Å². The highest BCUT2D eigenvalue weighted by Crippen LogP contribution is 2.37. The molecule has 1 amide bonds.